The monoisotopic (exact) mass is 315 g/mol. The zero-order valence-corrected chi connectivity index (χ0v) is 12.6. The Bertz CT molecular complexity index is 697. The highest BCUT2D eigenvalue weighted by Crippen LogP contribution is 2.26. The summed E-state index contributed by atoms with van der Waals surface area (Å²) >= 11 is 0. The summed E-state index contributed by atoms with van der Waals surface area (Å²) in [6.45, 7) is 1.20. The van der Waals surface area contributed by atoms with Gasteiger partial charge in [0.15, 0.2) is 0 Å². The lowest BCUT2D eigenvalue weighted by Crippen LogP contribution is -2.28. The van der Waals surface area contributed by atoms with Crippen LogP contribution in [0, 0.1) is 11.7 Å². The lowest BCUT2D eigenvalue weighted by molar-refractivity contribution is -0.122. The molecule has 1 aromatic carbocycles. The highest BCUT2D eigenvalue weighted by Gasteiger charge is 2.22. The van der Waals surface area contributed by atoms with Crippen molar-refractivity contribution in [3.63, 3.8) is 0 Å². The summed E-state index contributed by atoms with van der Waals surface area (Å²) in [6, 6.07) is 7.72. The van der Waals surface area contributed by atoms with Crippen LogP contribution in [0.5, 0.6) is 0 Å². The van der Waals surface area contributed by atoms with Crippen molar-refractivity contribution in [2.24, 2.45) is 5.92 Å². The first-order valence-corrected chi connectivity index (χ1v) is 7.53. The Hall–Kier alpha value is -2.47. The molecule has 0 atom stereocenters. The quantitative estimate of drug-likeness (QED) is 0.913. The van der Waals surface area contributed by atoms with E-state index in [-0.39, 0.29) is 17.6 Å². The lowest BCUT2D eigenvalue weighted by atomic mass is 9.99. The van der Waals surface area contributed by atoms with Gasteiger partial charge in [-0.1, -0.05) is 0 Å². The number of carbonyl (C=O) groups is 1. The predicted molar refractivity (Wildman–Crippen MR) is 86.2 cm³/mol. The minimum Gasteiger partial charge on any atom is -0.396 e. The van der Waals surface area contributed by atoms with Gasteiger partial charge in [0.1, 0.15) is 5.82 Å². The number of hydrogen-bond donors (Lipinski definition) is 2. The van der Waals surface area contributed by atoms with Crippen LogP contribution in [0.3, 0.4) is 0 Å². The Balaban J connectivity index is 1.80. The molecule has 1 aromatic heterocycles. The average Bonchev–Trinajstić information content (AvgIpc) is 2.58. The van der Waals surface area contributed by atoms with E-state index in [0.717, 1.165) is 5.56 Å². The molecule has 3 N–H and O–H groups in total. The molecule has 0 radical (unpaired) electrons. The van der Waals surface area contributed by atoms with Crippen LogP contribution in [0.2, 0.25) is 0 Å². The van der Waals surface area contributed by atoms with E-state index in [9.17, 15) is 9.18 Å². The van der Waals surface area contributed by atoms with Gasteiger partial charge in [-0.25, -0.2) is 4.39 Å². The minimum absolute atomic E-state index is 0.0590. The second-order valence-electron chi connectivity index (χ2n) is 5.54. The number of nitrogens with one attached hydrogen (secondary N) is 1. The highest BCUT2D eigenvalue weighted by atomic mass is 19.1. The summed E-state index contributed by atoms with van der Waals surface area (Å²) in [4.78, 5) is 16.6. The van der Waals surface area contributed by atoms with Gasteiger partial charge in [0.05, 0.1) is 23.3 Å². The number of benzene rings is 1. The SMILES string of the molecule is Nc1cnc(-c2ccc(F)cc2)cc1NC(=O)C1CCOCC1. The van der Waals surface area contributed by atoms with E-state index in [4.69, 9.17) is 10.5 Å². The van der Waals surface area contributed by atoms with E-state index in [1.165, 1.54) is 18.3 Å². The summed E-state index contributed by atoms with van der Waals surface area (Å²) in [5, 5.41) is 2.87. The molecular formula is C17H18FN3O2. The van der Waals surface area contributed by atoms with Crippen LogP contribution in [-0.4, -0.2) is 24.1 Å². The molecule has 2 aromatic rings. The van der Waals surface area contributed by atoms with Crippen LogP contribution >= 0.6 is 0 Å². The van der Waals surface area contributed by atoms with E-state index in [2.05, 4.69) is 10.3 Å². The van der Waals surface area contributed by atoms with Gasteiger partial charge in [0.25, 0.3) is 0 Å². The Morgan fingerprint density at radius 1 is 1.26 bits per heavy atom. The second-order valence-corrected chi connectivity index (χ2v) is 5.54. The first-order valence-electron chi connectivity index (χ1n) is 7.53. The minimum atomic E-state index is -0.308. The molecule has 1 amide bonds. The Kier molecular flexibility index (Phi) is 4.52. The number of anilines is 2. The molecule has 2 heterocycles. The van der Waals surface area contributed by atoms with E-state index >= 15 is 0 Å². The number of halogens is 1. The Labute approximate surface area is 133 Å². The molecule has 6 heteroatoms. The van der Waals surface area contributed by atoms with Gasteiger partial charge in [-0.3, -0.25) is 9.78 Å². The highest BCUT2D eigenvalue weighted by molar-refractivity contribution is 5.96. The lowest BCUT2D eigenvalue weighted by Gasteiger charge is -2.21. The van der Waals surface area contributed by atoms with E-state index in [1.54, 1.807) is 18.2 Å². The van der Waals surface area contributed by atoms with Gasteiger partial charge < -0.3 is 15.8 Å². The van der Waals surface area contributed by atoms with Gasteiger partial charge in [-0.05, 0) is 43.2 Å². The van der Waals surface area contributed by atoms with Crippen LogP contribution in [0.4, 0.5) is 15.8 Å². The number of ether oxygens (including phenoxy) is 1. The van der Waals surface area contributed by atoms with Crippen molar-refractivity contribution < 1.29 is 13.9 Å². The molecule has 0 unspecified atom stereocenters. The molecule has 0 spiro atoms. The summed E-state index contributed by atoms with van der Waals surface area (Å²) in [5.74, 6) is -0.431. The van der Waals surface area contributed by atoms with Gasteiger partial charge in [0.2, 0.25) is 5.91 Å². The third-order valence-electron chi connectivity index (χ3n) is 3.92. The standard InChI is InChI=1S/C17H18FN3O2/c18-13-3-1-11(2-4-13)15-9-16(14(19)10-20-15)21-17(22)12-5-7-23-8-6-12/h1-4,9-10,12H,5-8,19H2,(H,20,21,22). The normalized spacial score (nSPS) is 15.3. The van der Waals surface area contributed by atoms with Crippen molar-refractivity contribution in [3.05, 3.63) is 42.3 Å². The van der Waals surface area contributed by atoms with Gasteiger partial charge in [0, 0.05) is 24.7 Å². The Morgan fingerprint density at radius 3 is 2.65 bits per heavy atom. The smallest absolute Gasteiger partial charge is 0.227 e. The number of amides is 1. The third-order valence-corrected chi connectivity index (χ3v) is 3.92. The topological polar surface area (TPSA) is 77.2 Å². The average molecular weight is 315 g/mol. The molecule has 0 aliphatic carbocycles. The van der Waals surface area contributed by atoms with Crippen molar-refractivity contribution in [3.8, 4) is 11.3 Å². The maximum absolute atomic E-state index is 13.0. The molecule has 1 aliphatic rings. The molecular weight excluding hydrogens is 297 g/mol. The molecule has 0 bridgehead atoms. The fourth-order valence-corrected chi connectivity index (χ4v) is 2.55. The van der Waals surface area contributed by atoms with Crippen LogP contribution in [0.1, 0.15) is 12.8 Å². The first kappa shape index (κ1) is 15.4. The number of nitrogens with two attached hydrogens (primary N) is 1. The van der Waals surface area contributed by atoms with Crippen molar-refractivity contribution in [1.29, 1.82) is 0 Å². The second kappa shape index (κ2) is 6.75. The van der Waals surface area contributed by atoms with Gasteiger partial charge in [-0.2, -0.15) is 0 Å². The fraction of sp³-hybridized carbons (Fsp3) is 0.294. The zero-order valence-electron chi connectivity index (χ0n) is 12.6. The third kappa shape index (κ3) is 3.65. The zero-order chi connectivity index (χ0) is 16.2. The van der Waals surface area contributed by atoms with E-state index in [1.807, 2.05) is 0 Å². The first-order chi connectivity index (χ1) is 11.1. The number of carbonyl (C=O) groups excluding carboxylic acids is 1. The molecule has 120 valence electrons. The number of aromatic nitrogens is 1. The molecule has 23 heavy (non-hydrogen) atoms. The molecule has 1 fully saturated rings. The predicted octanol–water partition coefficient (Wildman–Crippen LogP) is 2.84. The Morgan fingerprint density at radius 2 is 1.96 bits per heavy atom. The number of hydrogen-bond acceptors (Lipinski definition) is 4. The molecule has 1 saturated heterocycles. The van der Waals surface area contributed by atoms with Crippen LogP contribution in [0.15, 0.2) is 36.5 Å². The van der Waals surface area contributed by atoms with Crippen molar-refractivity contribution in [1.82, 2.24) is 4.98 Å². The summed E-state index contributed by atoms with van der Waals surface area (Å²) in [6.07, 6.45) is 2.92. The summed E-state index contributed by atoms with van der Waals surface area (Å²) in [5.41, 5.74) is 8.21. The largest absolute Gasteiger partial charge is 0.396 e. The van der Waals surface area contributed by atoms with Crippen molar-refractivity contribution in [2.45, 2.75) is 12.8 Å². The number of nitrogens with zero attached hydrogens (tertiary/aromatic N) is 1. The van der Waals surface area contributed by atoms with Crippen LogP contribution in [0.25, 0.3) is 11.3 Å². The van der Waals surface area contributed by atoms with Crippen LogP contribution in [-0.2, 0) is 9.53 Å². The number of rotatable bonds is 3. The summed E-state index contributed by atoms with van der Waals surface area (Å²) in [7, 11) is 0. The van der Waals surface area contributed by atoms with Crippen LogP contribution < -0.4 is 11.1 Å². The maximum atomic E-state index is 13.0. The molecule has 5 nitrogen and oxygen atoms in total. The molecule has 3 rings (SSSR count). The fourth-order valence-electron chi connectivity index (χ4n) is 2.55. The van der Waals surface area contributed by atoms with Gasteiger partial charge >= 0.3 is 0 Å². The van der Waals surface area contributed by atoms with E-state index in [0.29, 0.717) is 43.1 Å². The number of pyridine rings is 1. The maximum Gasteiger partial charge on any atom is 0.227 e. The van der Waals surface area contributed by atoms with Gasteiger partial charge in [-0.15, -0.1) is 0 Å². The molecule has 0 saturated carbocycles. The van der Waals surface area contributed by atoms with Crippen molar-refractivity contribution >= 4 is 17.3 Å². The summed E-state index contributed by atoms with van der Waals surface area (Å²) < 4.78 is 18.3. The van der Waals surface area contributed by atoms with Crippen molar-refractivity contribution in [2.75, 3.05) is 24.3 Å². The molecule has 1 aliphatic heterocycles. The van der Waals surface area contributed by atoms with E-state index < -0.39 is 0 Å². The number of nitrogen functional groups attached to an aromatic ring is 1.